The molecule has 0 fully saturated rings. The van der Waals surface area contributed by atoms with Crippen molar-refractivity contribution >= 4 is 0 Å². The molecule has 0 heterocycles. The lowest BCUT2D eigenvalue weighted by Crippen LogP contribution is -2.19. The summed E-state index contributed by atoms with van der Waals surface area (Å²) in [5, 5.41) is 0. The van der Waals surface area contributed by atoms with Crippen molar-refractivity contribution in [3.05, 3.63) is 71.8 Å². The molecule has 29 heavy (non-hydrogen) atoms. The van der Waals surface area contributed by atoms with E-state index >= 15 is 0 Å². The molecule has 160 valence electrons. The standard InChI is InChI=1S/C26H38O3/c1-3-28-25(17-15-23-11-7-5-8-12-23)19-21-27-22-20-26(29-4-2)18-16-24-13-9-6-10-14-24/h5-14,25-26H,3-4,15-22H2,1-2H3. The molecule has 2 aromatic carbocycles. The van der Waals surface area contributed by atoms with E-state index < -0.39 is 0 Å². The van der Waals surface area contributed by atoms with Crippen molar-refractivity contribution in [1.82, 2.24) is 0 Å². The van der Waals surface area contributed by atoms with Crippen molar-refractivity contribution in [2.45, 2.75) is 64.6 Å². The van der Waals surface area contributed by atoms with Gasteiger partial charge in [-0.1, -0.05) is 60.7 Å². The summed E-state index contributed by atoms with van der Waals surface area (Å²) in [6.07, 6.45) is 6.62. The van der Waals surface area contributed by atoms with Crippen LogP contribution < -0.4 is 0 Å². The van der Waals surface area contributed by atoms with Crippen molar-refractivity contribution in [2.75, 3.05) is 26.4 Å². The second-order valence-electron chi connectivity index (χ2n) is 7.39. The summed E-state index contributed by atoms with van der Waals surface area (Å²) in [6, 6.07) is 21.2. The van der Waals surface area contributed by atoms with Crippen molar-refractivity contribution in [3.8, 4) is 0 Å². The Bertz CT molecular complexity index is 559. The minimum absolute atomic E-state index is 0.265. The molecule has 0 aliphatic rings. The van der Waals surface area contributed by atoms with E-state index in [1.54, 1.807) is 0 Å². The van der Waals surface area contributed by atoms with Crippen LogP contribution in [0.1, 0.15) is 50.7 Å². The highest BCUT2D eigenvalue weighted by Crippen LogP contribution is 2.13. The zero-order chi connectivity index (χ0) is 20.6. The number of benzene rings is 2. The first kappa shape index (κ1) is 23.6. The Morgan fingerprint density at radius 1 is 0.586 bits per heavy atom. The van der Waals surface area contributed by atoms with E-state index in [1.165, 1.54) is 11.1 Å². The molecule has 0 aromatic heterocycles. The van der Waals surface area contributed by atoms with Crippen molar-refractivity contribution < 1.29 is 14.2 Å². The van der Waals surface area contributed by atoms with Crippen LogP contribution in [0.3, 0.4) is 0 Å². The molecule has 0 saturated carbocycles. The number of hydrogen-bond donors (Lipinski definition) is 0. The molecule has 0 bridgehead atoms. The lowest BCUT2D eigenvalue weighted by atomic mass is 10.0. The van der Waals surface area contributed by atoms with Gasteiger partial charge >= 0.3 is 0 Å². The smallest absolute Gasteiger partial charge is 0.0600 e. The lowest BCUT2D eigenvalue weighted by molar-refractivity contribution is 0.00338. The van der Waals surface area contributed by atoms with Gasteiger partial charge in [0, 0.05) is 26.4 Å². The molecule has 2 aromatic rings. The maximum absolute atomic E-state index is 5.93. The van der Waals surface area contributed by atoms with Gasteiger partial charge < -0.3 is 14.2 Å². The van der Waals surface area contributed by atoms with Gasteiger partial charge in [-0.2, -0.15) is 0 Å². The van der Waals surface area contributed by atoms with Crippen molar-refractivity contribution in [1.29, 1.82) is 0 Å². The number of aryl methyl sites for hydroxylation is 2. The minimum Gasteiger partial charge on any atom is -0.381 e. The van der Waals surface area contributed by atoms with Crippen LogP contribution in [0.15, 0.2) is 60.7 Å². The van der Waals surface area contributed by atoms with Crippen LogP contribution in [0.25, 0.3) is 0 Å². The van der Waals surface area contributed by atoms with Gasteiger partial charge in [-0.3, -0.25) is 0 Å². The highest BCUT2D eigenvalue weighted by molar-refractivity contribution is 5.15. The molecular formula is C26H38O3. The fourth-order valence-electron chi connectivity index (χ4n) is 3.57. The van der Waals surface area contributed by atoms with Crippen molar-refractivity contribution in [2.24, 2.45) is 0 Å². The molecule has 0 N–H and O–H groups in total. The Morgan fingerprint density at radius 2 is 1.00 bits per heavy atom. The van der Waals surface area contributed by atoms with Crippen LogP contribution >= 0.6 is 0 Å². The molecular weight excluding hydrogens is 360 g/mol. The lowest BCUT2D eigenvalue weighted by Gasteiger charge is -2.19. The summed E-state index contributed by atoms with van der Waals surface area (Å²) in [6.45, 7) is 7.14. The first-order valence-electron chi connectivity index (χ1n) is 11.2. The second-order valence-corrected chi connectivity index (χ2v) is 7.39. The maximum Gasteiger partial charge on any atom is 0.0600 e. The van der Waals surface area contributed by atoms with Crippen LogP contribution in [0.4, 0.5) is 0 Å². The number of ether oxygens (including phenoxy) is 3. The van der Waals surface area contributed by atoms with Gasteiger partial charge in [0.05, 0.1) is 12.2 Å². The molecule has 2 unspecified atom stereocenters. The number of rotatable bonds is 16. The Kier molecular flexibility index (Phi) is 12.4. The number of hydrogen-bond acceptors (Lipinski definition) is 3. The van der Waals surface area contributed by atoms with E-state index in [2.05, 4.69) is 74.5 Å². The minimum atomic E-state index is 0.265. The molecule has 0 saturated heterocycles. The van der Waals surface area contributed by atoms with Gasteiger partial charge in [-0.25, -0.2) is 0 Å². The van der Waals surface area contributed by atoms with E-state index in [1.807, 2.05) is 0 Å². The van der Waals surface area contributed by atoms with Crippen molar-refractivity contribution in [3.63, 3.8) is 0 Å². The Morgan fingerprint density at radius 3 is 1.38 bits per heavy atom. The van der Waals surface area contributed by atoms with Crippen LogP contribution in [0.2, 0.25) is 0 Å². The highest BCUT2D eigenvalue weighted by Gasteiger charge is 2.11. The monoisotopic (exact) mass is 398 g/mol. The summed E-state index contributed by atoms with van der Waals surface area (Å²) >= 11 is 0. The van der Waals surface area contributed by atoms with Gasteiger partial charge in [-0.05, 0) is 63.5 Å². The zero-order valence-corrected chi connectivity index (χ0v) is 18.2. The van der Waals surface area contributed by atoms with E-state index in [0.717, 1.165) is 65.0 Å². The summed E-state index contributed by atoms with van der Waals surface area (Å²) in [5.41, 5.74) is 2.74. The van der Waals surface area contributed by atoms with Crippen LogP contribution in [0.5, 0.6) is 0 Å². The summed E-state index contributed by atoms with van der Waals surface area (Å²) in [5.74, 6) is 0. The molecule has 0 radical (unpaired) electrons. The maximum atomic E-state index is 5.93. The molecule has 0 aliphatic carbocycles. The second kappa shape index (κ2) is 15.2. The first-order chi connectivity index (χ1) is 14.3. The average Bonchev–Trinajstić information content (AvgIpc) is 2.77. The Hall–Kier alpha value is -1.68. The van der Waals surface area contributed by atoms with E-state index in [-0.39, 0.29) is 12.2 Å². The molecule has 0 amide bonds. The molecule has 3 nitrogen and oxygen atoms in total. The Labute approximate surface area is 177 Å². The van der Waals surface area contributed by atoms with Gasteiger partial charge in [0.1, 0.15) is 0 Å². The molecule has 2 atom stereocenters. The quantitative estimate of drug-likeness (QED) is 0.332. The average molecular weight is 399 g/mol. The van der Waals surface area contributed by atoms with E-state index in [0.29, 0.717) is 0 Å². The fraction of sp³-hybridized carbons (Fsp3) is 0.538. The third-order valence-electron chi connectivity index (χ3n) is 5.17. The van der Waals surface area contributed by atoms with Gasteiger partial charge in [0.15, 0.2) is 0 Å². The zero-order valence-electron chi connectivity index (χ0n) is 18.2. The first-order valence-corrected chi connectivity index (χ1v) is 11.2. The van der Waals surface area contributed by atoms with Crippen LogP contribution in [-0.2, 0) is 27.1 Å². The predicted octanol–water partition coefficient (Wildman–Crippen LogP) is 5.86. The molecule has 3 heteroatoms. The third kappa shape index (κ3) is 10.6. The van der Waals surface area contributed by atoms with Gasteiger partial charge in [0.2, 0.25) is 0 Å². The normalized spacial score (nSPS) is 13.3. The topological polar surface area (TPSA) is 27.7 Å². The molecule has 2 rings (SSSR count). The van der Waals surface area contributed by atoms with E-state index in [9.17, 15) is 0 Å². The fourth-order valence-corrected chi connectivity index (χ4v) is 3.57. The largest absolute Gasteiger partial charge is 0.381 e. The highest BCUT2D eigenvalue weighted by atomic mass is 16.5. The third-order valence-corrected chi connectivity index (χ3v) is 5.17. The van der Waals surface area contributed by atoms with Crippen LogP contribution in [0, 0.1) is 0 Å². The van der Waals surface area contributed by atoms with E-state index in [4.69, 9.17) is 14.2 Å². The molecule has 0 aliphatic heterocycles. The molecule has 0 spiro atoms. The van der Waals surface area contributed by atoms with Gasteiger partial charge in [-0.15, -0.1) is 0 Å². The van der Waals surface area contributed by atoms with Crippen LogP contribution in [-0.4, -0.2) is 38.6 Å². The SMILES string of the molecule is CCOC(CCOCCC(CCc1ccccc1)OCC)CCc1ccccc1. The Balaban J connectivity index is 1.62. The van der Waals surface area contributed by atoms with Gasteiger partial charge in [0.25, 0.3) is 0 Å². The summed E-state index contributed by atoms with van der Waals surface area (Å²) < 4.78 is 17.8. The summed E-state index contributed by atoms with van der Waals surface area (Å²) in [4.78, 5) is 0. The summed E-state index contributed by atoms with van der Waals surface area (Å²) in [7, 11) is 0. The predicted molar refractivity (Wildman–Crippen MR) is 120 cm³/mol.